The number of rotatable bonds is 16. The summed E-state index contributed by atoms with van der Waals surface area (Å²) >= 11 is 0. The highest BCUT2D eigenvalue weighted by Gasteiger charge is 2.40. The molecular formula is C32H40O4. The Hall–Kier alpha value is -2.98. The molecule has 1 atom stereocenters. The van der Waals surface area contributed by atoms with Crippen LogP contribution in [0.1, 0.15) is 103 Å². The van der Waals surface area contributed by atoms with Crippen molar-refractivity contribution in [3.8, 4) is 0 Å². The molecule has 0 aromatic heterocycles. The first-order chi connectivity index (χ1) is 17.7. The molecule has 0 saturated heterocycles. The van der Waals surface area contributed by atoms with Gasteiger partial charge in [0.15, 0.2) is 0 Å². The standard InChI is InChI=1S/C32H40O4/c1-3-5-7-9-21-35-30-19-20-32(36-22-10-8-6-4-2,29-17-13-27(25-34)14-18-29)31(23-30)28-15-11-26(24-33)12-16-28/h11-19,23-25H,3-10,20-22H2,1-2H3. The molecule has 2 aromatic carbocycles. The van der Waals surface area contributed by atoms with Gasteiger partial charge in [-0.15, -0.1) is 0 Å². The summed E-state index contributed by atoms with van der Waals surface area (Å²) in [6.07, 6.45) is 15.7. The molecule has 2 aromatic rings. The topological polar surface area (TPSA) is 52.6 Å². The predicted molar refractivity (Wildman–Crippen MR) is 146 cm³/mol. The zero-order valence-electron chi connectivity index (χ0n) is 21.8. The van der Waals surface area contributed by atoms with E-state index in [4.69, 9.17) is 9.47 Å². The van der Waals surface area contributed by atoms with Gasteiger partial charge < -0.3 is 9.47 Å². The van der Waals surface area contributed by atoms with E-state index in [9.17, 15) is 9.59 Å². The van der Waals surface area contributed by atoms with Crippen LogP contribution in [-0.4, -0.2) is 25.8 Å². The molecule has 0 amide bonds. The average Bonchev–Trinajstić information content (AvgIpc) is 2.93. The Morgan fingerprint density at radius 2 is 1.33 bits per heavy atom. The van der Waals surface area contributed by atoms with Gasteiger partial charge in [0.2, 0.25) is 0 Å². The van der Waals surface area contributed by atoms with Gasteiger partial charge in [-0.05, 0) is 41.7 Å². The molecule has 36 heavy (non-hydrogen) atoms. The number of hydrogen-bond donors (Lipinski definition) is 0. The number of unbranched alkanes of at least 4 members (excludes halogenated alkanes) is 6. The van der Waals surface area contributed by atoms with E-state index in [1.165, 1.54) is 32.1 Å². The molecule has 0 radical (unpaired) electrons. The molecule has 1 aliphatic rings. The van der Waals surface area contributed by atoms with Gasteiger partial charge in [-0.3, -0.25) is 9.59 Å². The minimum atomic E-state index is -0.703. The lowest BCUT2D eigenvalue weighted by molar-refractivity contribution is -0.00626. The van der Waals surface area contributed by atoms with E-state index in [-0.39, 0.29) is 0 Å². The Balaban J connectivity index is 1.97. The highest BCUT2D eigenvalue weighted by Crippen LogP contribution is 2.46. The van der Waals surface area contributed by atoms with Crippen molar-refractivity contribution in [2.75, 3.05) is 13.2 Å². The molecule has 0 saturated carbocycles. The summed E-state index contributed by atoms with van der Waals surface area (Å²) in [5, 5.41) is 0. The molecule has 0 spiro atoms. The SMILES string of the molecule is CCCCCCOC1=CCC(OCCCCCC)(c2ccc(C=O)cc2)C(c2ccc(C=O)cc2)=C1. The van der Waals surface area contributed by atoms with Crippen molar-refractivity contribution >= 4 is 18.1 Å². The van der Waals surface area contributed by atoms with Crippen LogP contribution >= 0.6 is 0 Å². The second-order valence-corrected chi connectivity index (χ2v) is 9.49. The third-order valence-electron chi connectivity index (χ3n) is 6.80. The minimum Gasteiger partial charge on any atom is -0.494 e. The largest absolute Gasteiger partial charge is 0.494 e. The van der Waals surface area contributed by atoms with E-state index in [1.807, 2.05) is 48.5 Å². The molecule has 4 nitrogen and oxygen atoms in total. The smallest absolute Gasteiger partial charge is 0.150 e. The first-order valence-corrected chi connectivity index (χ1v) is 13.5. The van der Waals surface area contributed by atoms with E-state index in [0.717, 1.165) is 54.3 Å². The molecule has 0 bridgehead atoms. The monoisotopic (exact) mass is 488 g/mol. The van der Waals surface area contributed by atoms with Crippen LogP contribution in [0.5, 0.6) is 0 Å². The van der Waals surface area contributed by atoms with Gasteiger partial charge in [0.1, 0.15) is 23.9 Å². The van der Waals surface area contributed by atoms with E-state index in [2.05, 4.69) is 26.0 Å². The number of hydrogen-bond acceptors (Lipinski definition) is 4. The molecule has 4 heteroatoms. The number of carbonyl (C=O) groups is 2. The lowest BCUT2D eigenvalue weighted by Crippen LogP contribution is -2.33. The molecular weight excluding hydrogens is 448 g/mol. The fraction of sp³-hybridized carbons (Fsp3) is 0.438. The van der Waals surface area contributed by atoms with Crippen LogP contribution in [0, 0.1) is 0 Å². The number of carbonyl (C=O) groups excluding carboxylic acids is 2. The highest BCUT2D eigenvalue weighted by atomic mass is 16.5. The summed E-state index contributed by atoms with van der Waals surface area (Å²) in [6.45, 7) is 5.74. The second kappa shape index (κ2) is 14.5. The molecule has 192 valence electrons. The molecule has 1 unspecified atom stereocenters. The molecule has 0 heterocycles. The van der Waals surface area contributed by atoms with Gasteiger partial charge in [-0.25, -0.2) is 0 Å². The van der Waals surface area contributed by atoms with Crippen LogP contribution in [0.4, 0.5) is 0 Å². The number of benzene rings is 2. The van der Waals surface area contributed by atoms with Crippen molar-refractivity contribution in [2.24, 2.45) is 0 Å². The zero-order chi connectivity index (χ0) is 25.6. The zero-order valence-corrected chi connectivity index (χ0v) is 21.8. The van der Waals surface area contributed by atoms with E-state index in [0.29, 0.717) is 30.8 Å². The van der Waals surface area contributed by atoms with Crippen molar-refractivity contribution in [3.05, 3.63) is 88.7 Å². The highest BCUT2D eigenvalue weighted by molar-refractivity contribution is 5.81. The third kappa shape index (κ3) is 7.27. The van der Waals surface area contributed by atoms with Crippen LogP contribution in [-0.2, 0) is 15.1 Å². The summed E-state index contributed by atoms with van der Waals surface area (Å²) in [5.41, 5.74) is 3.59. The summed E-state index contributed by atoms with van der Waals surface area (Å²) in [5.74, 6) is 0.857. The molecule has 0 N–H and O–H groups in total. The van der Waals surface area contributed by atoms with Gasteiger partial charge in [0.05, 0.1) is 6.61 Å². The first kappa shape index (κ1) is 27.6. The normalized spacial score (nSPS) is 17.3. The Morgan fingerprint density at radius 3 is 1.92 bits per heavy atom. The maximum Gasteiger partial charge on any atom is 0.150 e. The van der Waals surface area contributed by atoms with Crippen molar-refractivity contribution in [2.45, 2.75) is 77.2 Å². The van der Waals surface area contributed by atoms with Crippen molar-refractivity contribution in [1.29, 1.82) is 0 Å². The lowest BCUT2D eigenvalue weighted by atomic mass is 9.76. The Morgan fingerprint density at radius 1 is 0.750 bits per heavy atom. The third-order valence-corrected chi connectivity index (χ3v) is 6.80. The molecule has 3 rings (SSSR count). The molecule has 0 fully saturated rings. The predicted octanol–water partition coefficient (Wildman–Crippen LogP) is 8.07. The van der Waals surface area contributed by atoms with Gasteiger partial charge in [-0.1, -0.05) is 101 Å². The van der Waals surface area contributed by atoms with Crippen LogP contribution in [0.2, 0.25) is 0 Å². The fourth-order valence-electron chi connectivity index (χ4n) is 4.65. The van der Waals surface area contributed by atoms with E-state index >= 15 is 0 Å². The van der Waals surface area contributed by atoms with Crippen LogP contribution in [0.25, 0.3) is 5.57 Å². The van der Waals surface area contributed by atoms with Gasteiger partial charge >= 0.3 is 0 Å². The lowest BCUT2D eigenvalue weighted by Gasteiger charge is -2.39. The van der Waals surface area contributed by atoms with Crippen LogP contribution < -0.4 is 0 Å². The van der Waals surface area contributed by atoms with E-state index < -0.39 is 5.60 Å². The molecule has 1 aliphatic carbocycles. The Kier molecular flexibility index (Phi) is 11.2. The van der Waals surface area contributed by atoms with Crippen molar-refractivity contribution in [3.63, 3.8) is 0 Å². The average molecular weight is 489 g/mol. The van der Waals surface area contributed by atoms with Crippen LogP contribution in [0.3, 0.4) is 0 Å². The van der Waals surface area contributed by atoms with Crippen LogP contribution in [0.15, 0.2) is 66.4 Å². The summed E-state index contributed by atoms with van der Waals surface area (Å²) < 4.78 is 13.0. The Labute approximate surface area is 216 Å². The number of ether oxygens (including phenoxy) is 2. The summed E-state index contributed by atoms with van der Waals surface area (Å²) in [6, 6.07) is 15.3. The number of aldehydes is 2. The maximum absolute atomic E-state index is 11.3. The van der Waals surface area contributed by atoms with E-state index in [1.54, 1.807) is 0 Å². The quantitative estimate of drug-likeness (QED) is 0.177. The Bertz CT molecular complexity index is 1020. The minimum absolute atomic E-state index is 0.632. The van der Waals surface area contributed by atoms with Gasteiger partial charge in [-0.2, -0.15) is 0 Å². The fourth-order valence-corrected chi connectivity index (χ4v) is 4.65. The first-order valence-electron chi connectivity index (χ1n) is 13.5. The molecule has 0 aliphatic heterocycles. The van der Waals surface area contributed by atoms with Gasteiger partial charge in [0, 0.05) is 24.2 Å². The van der Waals surface area contributed by atoms with Crippen molar-refractivity contribution in [1.82, 2.24) is 0 Å². The maximum atomic E-state index is 11.3. The summed E-state index contributed by atoms with van der Waals surface area (Å²) in [4.78, 5) is 22.6. The van der Waals surface area contributed by atoms with Crippen molar-refractivity contribution < 1.29 is 19.1 Å². The summed E-state index contributed by atoms with van der Waals surface area (Å²) in [7, 11) is 0. The number of allylic oxidation sites excluding steroid dienone is 1. The second-order valence-electron chi connectivity index (χ2n) is 9.49. The van der Waals surface area contributed by atoms with Gasteiger partial charge in [0.25, 0.3) is 0 Å².